The number of aryl methyl sites for hydroxylation is 1. The number of carbonyl (C=O) groups excluding carboxylic acids is 1. The summed E-state index contributed by atoms with van der Waals surface area (Å²) in [5, 5.41) is 13.9. The number of ether oxygens (including phenoxy) is 1. The first-order valence-corrected chi connectivity index (χ1v) is 5.52. The summed E-state index contributed by atoms with van der Waals surface area (Å²) >= 11 is 1.40. The van der Waals surface area contributed by atoms with Crippen molar-refractivity contribution in [2.75, 3.05) is 20.3 Å². The average Bonchev–Trinajstić information content (AvgIpc) is 2.61. The maximum absolute atomic E-state index is 11.6. The van der Waals surface area contributed by atoms with E-state index in [1.165, 1.54) is 18.4 Å². The molecule has 4 nitrogen and oxygen atoms in total. The maximum atomic E-state index is 11.6. The first kappa shape index (κ1) is 12.2. The van der Waals surface area contributed by atoms with Crippen LogP contribution in [0.2, 0.25) is 0 Å². The van der Waals surface area contributed by atoms with Crippen molar-refractivity contribution in [3.63, 3.8) is 0 Å². The van der Waals surface area contributed by atoms with Gasteiger partial charge in [-0.05, 0) is 23.9 Å². The van der Waals surface area contributed by atoms with E-state index in [-0.39, 0.29) is 19.1 Å². The fourth-order valence-electron chi connectivity index (χ4n) is 1.15. The molecule has 1 heterocycles. The van der Waals surface area contributed by atoms with Crippen LogP contribution in [-0.2, 0) is 4.74 Å². The molecule has 0 saturated heterocycles. The van der Waals surface area contributed by atoms with Crippen LogP contribution in [0.5, 0.6) is 0 Å². The number of aliphatic hydroxyl groups is 1. The minimum atomic E-state index is -0.654. The number of aliphatic hydroxyl groups excluding tert-OH is 1. The Morgan fingerprint density at radius 2 is 2.47 bits per heavy atom. The van der Waals surface area contributed by atoms with Crippen molar-refractivity contribution < 1.29 is 14.6 Å². The van der Waals surface area contributed by atoms with Gasteiger partial charge in [-0.3, -0.25) is 4.79 Å². The van der Waals surface area contributed by atoms with Crippen LogP contribution in [0.1, 0.15) is 15.2 Å². The first-order chi connectivity index (χ1) is 7.15. The molecule has 0 bridgehead atoms. The van der Waals surface area contributed by atoms with Crippen LogP contribution < -0.4 is 5.32 Å². The summed E-state index contributed by atoms with van der Waals surface area (Å²) in [5.74, 6) is -0.141. The van der Waals surface area contributed by atoms with Crippen LogP contribution in [-0.4, -0.2) is 37.4 Å². The molecule has 1 amide bonds. The number of methoxy groups -OCH3 is 1. The van der Waals surface area contributed by atoms with Gasteiger partial charge in [0.1, 0.15) is 0 Å². The lowest BCUT2D eigenvalue weighted by Crippen LogP contribution is -2.34. The first-order valence-electron chi connectivity index (χ1n) is 4.64. The molecule has 0 spiro atoms. The van der Waals surface area contributed by atoms with Gasteiger partial charge in [0.25, 0.3) is 5.91 Å². The average molecular weight is 229 g/mol. The Morgan fingerprint density at radius 3 is 3.00 bits per heavy atom. The Bertz CT molecular complexity index is 324. The third-order valence-electron chi connectivity index (χ3n) is 1.93. The van der Waals surface area contributed by atoms with Crippen LogP contribution >= 0.6 is 11.3 Å². The van der Waals surface area contributed by atoms with E-state index in [0.29, 0.717) is 4.88 Å². The Hall–Kier alpha value is -0.910. The molecule has 0 fully saturated rings. The molecule has 2 N–H and O–H groups in total. The zero-order chi connectivity index (χ0) is 11.3. The zero-order valence-corrected chi connectivity index (χ0v) is 9.63. The highest BCUT2D eigenvalue weighted by atomic mass is 32.1. The second-order valence-electron chi connectivity index (χ2n) is 3.25. The summed E-state index contributed by atoms with van der Waals surface area (Å²) < 4.78 is 4.75. The lowest BCUT2D eigenvalue weighted by Gasteiger charge is -2.10. The molecule has 1 aromatic rings. The summed E-state index contributed by atoms with van der Waals surface area (Å²) in [5.41, 5.74) is 0.957. The normalized spacial score (nSPS) is 12.5. The number of rotatable bonds is 5. The monoisotopic (exact) mass is 229 g/mol. The van der Waals surface area contributed by atoms with Crippen molar-refractivity contribution in [2.24, 2.45) is 0 Å². The topological polar surface area (TPSA) is 58.6 Å². The molecule has 0 aromatic carbocycles. The highest BCUT2D eigenvalue weighted by molar-refractivity contribution is 7.12. The Morgan fingerprint density at radius 1 is 1.73 bits per heavy atom. The molecule has 0 aliphatic carbocycles. The predicted molar refractivity (Wildman–Crippen MR) is 59.3 cm³/mol. The molecular formula is C10H15NO3S. The van der Waals surface area contributed by atoms with E-state index in [1.54, 1.807) is 0 Å². The lowest BCUT2D eigenvalue weighted by molar-refractivity contribution is 0.0610. The fraction of sp³-hybridized carbons (Fsp3) is 0.500. The van der Waals surface area contributed by atoms with E-state index in [4.69, 9.17) is 4.74 Å². The van der Waals surface area contributed by atoms with E-state index in [2.05, 4.69) is 5.32 Å². The highest BCUT2D eigenvalue weighted by Gasteiger charge is 2.11. The molecule has 5 heteroatoms. The molecule has 0 aliphatic heterocycles. The van der Waals surface area contributed by atoms with Gasteiger partial charge >= 0.3 is 0 Å². The smallest absolute Gasteiger partial charge is 0.261 e. The number of nitrogens with one attached hydrogen (secondary N) is 1. The summed E-state index contributed by atoms with van der Waals surface area (Å²) in [6.45, 7) is 2.32. The molecular weight excluding hydrogens is 214 g/mol. The van der Waals surface area contributed by atoms with Crippen LogP contribution in [0.25, 0.3) is 0 Å². The van der Waals surface area contributed by atoms with Gasteiger partial charge in [-0.2, -0.15) is 0 Å². The summed E-state index contributed by atoms with van der Waals surface area (Å²) in [7, 11) is 1.51. The SMILES string of the molecule is COCC(O)CNC(=O)c1sccc1C. The zero-order valence-electron chi connectivity index (χ0n) is 8.82. The lowest BCUT2D eigenvalue weighted by atomic mass is 10.3. The number of carbonyl (C=O) groups is 1. The minimum Gasteiger partial charge on any atom is -0.389 e. The molecule has 0 radical (unpaired) electrons. The predicted octanol–water partition coefficient (Wildman–Crippen LogP) is 0.794. The van der Waals surface area contributed by atoms with E-state index in [0.717, 1.165) is 5.56 Å². The van der Waals surface area contributed by atoms with Gasteiger partial charge in [-0.1, -0.05) is 0 Å². The third-order valence-corrected chi connectivity index (χ3v) is 2.94. The molecule has 15 heavy (non-hydrogen) atoms. The van der Waals surface area contributed by atoms with Gasteiger partial charge in [-0.25, -0.2) is 0 Å². The van der Waals surface area contributed by atoms with E-state index >= 15 is 0 Å². The Balaban J connectivity index is 2.40. The number of hydrogen-bond acceptors (Lipinski definition) is 4. The largest absolute Gasteiger partial charge is 0.389 e. The van der Waals surface area contributed by atoms with Gasteiger partial charge in [-0.15, -0.1) is 11.3 Å². The van der Waals surface area contributed by atoms with Gasteiger partial charge in [0, 0.05) is 13.7 Å². The van der Waals surface area contributed by atoms with Crippen LogP contribution in [0.4, 0.5) is 0 Å². The Kier molecular flexibility index (Phi) is 4.74. The van der Waals surface area contributed by atoms with Gasteiger partial charge in [0.05, 0.1) is 17.6 Å². The van der Waals surface area contributed by atoms with Crippen LogP contribution in [0.15, 0.2) is 11.4 Å². The van der Waals surface area contributed by atoms with Gasteiger partial charge < -0.3 is 15.2 Å². The van der Waals surface area contributed by atoms with Gasteiger partial charge in [0.15, 0.2) is 0 Å². The van der Waals surface area contributed by atoms with E-state index in [9.17, 15) is 9.90 Å². The van der Waals surface area contributed by atoms with Crippen molar-refractivity contribution in [3.8, 4) is 0 Å². The van der Waals surface area contributed by atoms with Crippen LogP contribution in [0, 0.1) is 6.92 Å². The molecule has 0 saturated carbocycles. The molecule has 84 valence electrons. The molecule has 0 aliphatic rings. The highest BCUT2D eigenvalue weighted by Crippen LogP contribution is 2.14. The summed E-state index contributed by atoms with van der Waals surface area (Å²) in [6.07, 6.45) is -0.654. The third kappa shape index (κ3) is 3.62. The maximum Gasteiger partial charge on any atom is 0.261 e. The molecule has 1 atom stereocenters. The van der Waals surface area contributed by atoms with E-state index < -0.39 is 6.10 Å². The summed E-state index contributed by atoms with van der Waals surface area (Å²) in [4.78, 5) is 12.3. The van der Waals surface area contributed by atoms with Crippen molar-refractivity contribution >= 4 is 17.2 Å². The van der Waals surface area contributed by atoms with Gasteiger partial charge in [0.2, 0.25) is 0 Å². The van der Waals surface area contributed by atoms with Crippen molar-refractivity contribution in [2.45, 2.75) is 13.0 Å². The Labute approximate surface area is 92.9 Å². The number of hydrogen-bond donors (Lipinski definition) is 2. The summed E-state index contributed by atoms with van der Waals surface area (Å²) in [6, 6.07) is 1.89. The quantitative estimate of drug-likeness (QED) is 0.785. The second-order valence-corrected chi connectivity index (χ2v) is 4.17. The fourth-order valence-corrected chi connectivity index (χ4v) is 1.99. The van der Waals surface area contributed by atoms with Crippen LogP contribution in [0.3, 0.4) is 0 Å². The second kappa shape index (κ2) is 5.85. The van der Waals surface area contributed by atoms with Crippen molar-refractivity contribution in [1.82, 2.24) is 5.32 Å². The number of amides is 1. The minimum absolute atomic E-state index is 0.141. The molecule has 1 aromatic heterocycles. The van der Waals surface area contributed by atoms with Crippen molar-refractivity contribution in [1.29, 1.82) is 0 Å². The van der Waals surface area contributed by atoms with E-state index in [1.807, 2.05) is 18.4 Å². The molecule has 1 unspecified atom stereocenters. The number of thiophene rings is 1. The van der Waals surface area contributed by atoms with Crippen molar-refractivity contribution in [3.05, 3.63) is 21.9 Å². The standard InChI is InChI=1S/C10H15NO3S/c1-7-3-4-15-9(7)10(13)11-5-8(12)6-14-2/h3-4,8,12H,5-6H2,1-2H3,(H,11,13). The molecule has 1 rings (SSSR count).